The van der Waals surface area contributed by atoms with Crippen molar-refractivity contribution in [2.24, 2.45) is 0 Å². The second-order valence-electron chi connectivity index (χ2n) is 15.1. The Bertz CT molecular complexity index is 2470. The Morgan fingerprint density at radius 2 is 1.23 bits per heavy atom. The molecule has 2 saturated heterocycles. The molecule has 4 atom stereocenters. The molecular weight excluding hydrogens is 761 g/mol. The number of imidazole rings is 2. The van der Waals surface area contributed by atoms with Crippen molar-refractivity contribution in [1.82, 2.24) is 40.0 Å². The molecule has 0 aliphatic carbocycles. The molecule has 4 amide bonds. The zero-order chi connectivity index (χ0) is 41.8. The van der Waals surface area contributed by atoms with Gasteiger partial charge in [-0.15, -0.1) is 0 Å². The number of likely N-dealkylation sites (tertiary alicyclic amines) is 2. The van der Waals surface area contributed by atoms with Crippen LogP contribution in [0.15, 0.2) is 122 Å². The summed E-state index contributed by atoms with van der Waals surface area (Å²) in [5.74, 6) is 0.845. The quantitative estimate of drug-likeness (QED) is 0.102. The molecule has 0 spiro atoms. The van der Waals surface area contributed by atoms with Gasteiger partial charge in [-0.1, -0.05) is 103 Å². The van der Waals surface area contributed by atoms with E-state index in [1.807, 2.05) is 60.7 Å². The normalized spacial score (nSPS) is 17.2. The summed E-state index contributed by atoms with van der Waals surface area (Å²) >= 11 is 0. The first-order valence-corrected chi connectivity index (χ1v) is 20.0. The van der Waals surface area contributed by atoms with Crippen LogP contribution in [0.3, 0.4) is 0 Å². The molecule has 0 saturated carbocycles. The number of nitrogens with one attached hydrogen (secondary N) is 3. The zero-order valence-corrected chi connectivity index (χ0v) is 33.3. The van der Waals surface area contributed by atoms with Crippen LogP contribution in [0.4, 0.5) is 9.59 Å². The van der Waals surface area contributed by atoms with Crippen molar-refractivity contribution < 1.29 is 29.0 Å². The van der Waals surface area contributed by atoms with Crippen LogP contribution in [0.1, 0.15) is 72.6 Å². The molecule has 8 rings (SSSR count). The van der Waals surface area contributed by atoms with Crippen molar-refractivity contribution in [1.29, 1.82) is 0 Å². The minimum Gasteiger partial charge on any atom is -0.465 e. The molecule has 14 nitrogen and oxygen atoms in total. The van der Waals surface area contributed by atoms with Crippen LogP contribution in [0, 0.1) is 0 Å². The van der Waals surface area contributed by atoms with Crippen LogP contribution in [-0.2, 0) is 14.3 Å². The van der Waals surface area contributed by atoms with Gasteiger partial charge in [0, 0.05) is 25.7 Å². The Hall–Kier alpha value is -7.22. The summed E-state index contributed by atoms with van der Waals surface area (Å²) in [6, 6.07) is 32.0. The van der Waals surface area contributed by atoms with E-state index in [-0.39, 0.29) is 23.9 Å². The van der Waals surface area contributed by atoms with Crippen molar-refractivity contribution in [2.75, 3.05) is 27.2 Å². The van der Waals surface area contributed by atoms with Gasteiger partial charge in [0.15, 0.2) is 0 Å². The second kappa shape index (κ2) is 17.3. The van der Waals surface area contributed by atoms with Gasteiger partial charge in [0.2, 0.25) is 0 Å². The van der Waals surface area contributed by atoms with Crippen LogP contribution in [0.2, 0.25) is 0 Å². The summed E-state index contributed by atoms with van der Waals surface area (Å²) in [6.45, 7) is 1.05. The monoisotopic (exact) mass is 806 g/mol. The number of amides is 4. The Kier molecular flexibility index (Phi) is 11.4. The fourth-order valence-electron chi connectivity index (χ4n) is 8.35. The summed E-state index contributed by atoms with van der Waals surface area (Å²) in [5, 5.41) is 12.5. The summed E-state index contributed by atoms with van der Waals surface area (Å²) in [7, 11) is 2.70. The molecule has 2 fully saturated rings. The molecule has 306 valence electrons. The maximum atomic E-state index is 14.0. The second-order valence-corrected chi connectivity index (χ2v) is 15.1. The van der Waals surface area contributed by atoms with Gasteiger partial charge < -0.3 is 34.9 Å². The molecule has 14 heteroatoms. The van der Waals surface area contributed by atoms with E-state index in [4.69, 9.17) is 14.7 Å². The number of carboxylic acid groups (broad SMARTS) is 1. The van der Waals surface area contributed by atoms with Gasteiger partial charge >= 0.3 is 12.2 Å². The first kappa shape index (κ1) is 39.6. The number of benzene rings is 4. The summed E-state index contributed by atoms with van der Waals surface area (Å²) < 4.78 is 4.83. The predicted molar refractivity (Wildman–Crippen MR) is 224 cm³/mol. The molecule has 6 aromatic rings. The molecule has 60 heavy (non-hydrogen) atoms. The van der Waals surface area contributed by atoms with Gasteiger partial charge in [0.05, 0.1) is 43.0 Å². The number of hydrogen-bond acceptors (Lipinski definition) is 7. The number of aromatic nitrogens is 4. The minimum atomic E-state index is -1.18. The Labute approximate surface area is 347 Å². The van der Waals surface area contributed by atoms with Gasteiger partial charge in [0.25, 0.3) is 11.8 Å². The zero-order valence-electron chi connectivity index (χ0n) is 33.3. The number of nitrogens with zero attached hydrogens (tertiary/aromatic N) is 5. The molecule has 2 aliphatic rings. The average molecular weight is 807 g/mol. The Morgan fingerprint density at radius 1 is 0.700 bits per heavy atom. The van der Waals surface area contributed by atoms with Gasteiger partial charge in [0.1, 0.15) is 23.7 Å². The number of H-pyrrole nitrogens is 2. The number of carbonyl (C=O) groups is 4. The van der Waals surface area contributed by atoms with E-state index in [0.29, 0.717) is 42.3 Å². The third-order valence-electron chi connectivity index (χ3n) is 11.5. The number of likely N-dealkylation sites (N-methyl/N-ethyl adjacent to an activating group) is 1. The number of ether oxygens (including phenoxy) is 1. The van der Waals surface area contributed by atoms with Crippen molar-refractivity contribution in [3.63, 3.8) is 0 Å². The van der Waals surface area contributed by atoms with Crippen molar-refractivity contribution in [3.05, 3.63) is 144 Å². The van der Waals surface area contributed by atoms with Gasteiger partial charge in [-0.2, -0.15) is 0 Å². The maximum absolute atomic E-state index is 14.0. The number of carbonyl (C=O) groups excluding carboxylic acids is 3. The highest BCUT2D eigenvalue weighted by atomic mass is 16.5. The van der Waals surface area contributed by atoms with E-state index < -0.39 is 24.3 Å². The fraction of sp³-hybridized carbons (Fsp3) is 0.261. The lowest BCUT2D eigenvalue weighted by atomic mass is 10.0. The van der Waals surface area contributed by atoms with Crippen LogP contribution in [0.25, 0.3) is 33.6 Å². The molecule has 0 unspecified atom stereocenters. The van der Waals surface area contributed by atoms with E-state index in [2.05, 4.69) is 39.6 Å². The largest absolute Gasteiger partial charge is 0.465 e. The predicted octanol–water partition coefficient (Wildman–Crippen LogP) is 7.91. The highest BCUT2D eigenvalue weighted by Gasteiger charge is 2.40. The highest BCUT2D eigenvalue weighted by Crippen LogP contribution is 2.37. The molecule has 2 aliphatic heterocycles. The Balaban J connectivity index is 0.962. The van der Waals surface area contributed by atoms with Crippen LogP contribution in [0.5, 0.6) is 0 Å². The minimum absolute atomic E-state index is 0.225. The molecule has 4 aromatic carbocycles. The summed E-state index contributed by atoms with van der Waals surface area (Å²) in [5.41, 5.74) is 6.82. The molecule has 2 aromatic heterocycles. The first-order valence-electron chi connectivity index (χ1n) is 20.0. The standard InChI is InChI=1S/C46H46N8O6/c1-52(46(58)59)40(32-14-7-4-8-15-32)44(56)54-25-11-19-38(54)42-47-27-35(49-42)30-22-20-29(21-23-30)33-16-9-17-34(26-33)36-28-48-41(50-36)37-18-10-24-53(37)43(55)39(51-45(57)60-2)31-12-5-3-6-13-31/h3-9,12-17,20-23,26-28,37-40H,10-11,18-19,24-25H2,1-2H3,(H,47,49)(H,48,50)(H,51,57)(H,58,59)/t37-,38+,39+,40+/m0/s1. The first-order chi connectivity index (χ1) is 29.2. The highest BCUT2D eigenvalue weighted by molar-refractivity contribution is 5.88. The third-order valence-corrected chi connectivity index (χ3v) is 11.5. The lowest BCUT2D eigenvalue weighted by Gasteiger charge is -2.32. The van der Waals surface area contributed by atoms with Gasteiger partial charge in [-0.25, -0.2) is 19.6 Å². The summed E-state index contributed by atoms with van der Waals surface area (Å²) in [4.78, 5) is 73.1. The van der Waals surface area contributed by atoms with E-state index >= 15 is 0 Å². The van der Waals surface area contributed by atoms with E-state index in [0.717, 1.165) is 57.8 Å². The fourth-order valence-corrected chi connectivity index (χ4v) is 8.35. The lowest BCUT2D eigenvalue weighted by molar-refractivity contribution is -0.137. The number of rotatable bonds is 11. The van der Waals surface area contributed by atoms with E-state index in [1.54, 1.807) is 46.5 Å². The maximum Gasteiger partial charge on any atom is 0.407 e. The molecule has 0 bridgehead atoms. The van der Waals surface area contributed by atoms with Gasteiger partial charge in [-0.3, -0.25) is 14.5 Å². The van der Waals surface area contributed by atoms with Crippen LogP contribution < -0.4 is 5.32 Å². The van der Waals surface area contributed by atoms with E-state index in [9.17, 15) is 24.3 Å². The molecule has 0 radical (unpaired) electrons. The number of alkyl carbamates (subject to hydrolysis) is 1. The van der Waals surface area contributed by atoms with Crippen LogP contribution >= 0.6 is 0 Å². The molecular formula is C46H46N8O6. The smallest absolute Gasteiger partial charge is 0.407 e. The van der Waals surface area contributed by atoms with Gasteiger partial charge in [-0.05, 0) is 59.6 Å². The number of aromatic amines is 2. The molecule has 4 N–H and O–H groups in total. The summed E-state index contributed by atoms with van der Waals surface area (Å²) in [6.07, 6.45) is 4.74. The van der Waals surface area contributed by atoms with E-state index in [1.165, 1.54) is 14.2 Å². The topological polar surface area (TPSA) is 177 Å². The SMILES string of the molecule is COC(=O)N[C@@H](C(=O)N1CCC[C@H]1c1ncc(-c2cccc(-c3ccc(-c4cnc([C@H]5CCCN5C(=O)[C@@H](c5ccccc5)N(C)C(=O)O)[nH]4)cc3)c2)[nH]1)c1ccccc1. The van der Waals surface area contributed by atoms with Crippen LogP contribution in [-0.4, -0.2) is 91.0 Å². The third kappa shape index (κ3) is 8.08. The van der Waals surface area contributed by atoms with Crippen molar-refractivity contribution in [2.45, 2.75) is 49.9 Å². The average Bonchev–Trinajstić information content (AvgIpc) is 4.13. The van der Waals surface area contributed by atoms with Crippen molar-refractivity contribution in [3.8, 4) is 33.6 Å². The molecule has 4 heterocycles. The Morgan fingerprint density at radius 3 is 1.82 bits per heavy atom. The number of hydrogen-bond donors (Lipinski definition) is 4. The lowest BCUT2D eigenvalue weighted by Crippen LogP contribution is -2.43. The number of methoxy groups -OCH3 is 1. The van der Waals surface area contributed by atoms with Crippen molar-refractivity contribution >= 4 is 24.0 Å².